The van der Waals surface area contributed by atoms with Crippen LogP contribution in [0.3, 0.4) is 0 Å². The van der Waals surface area contributed by atoms with Gasteiger partial charge in [0.25, 0.3) is 0 Å². The van der Waals surface area contributed by atoms with Gasteiger partial charge in [-0.3, -0.25) is 0 Å². The molecule has 1 aromatic rings. The summed E-state index contributed by atoms with van der Waals surface area (Å²) in [4.78, 5) is 12.3. The maximum Gasteiger partial charge on any atom is 0.338 e. The van der Waals surface area contributed by atoms with Crippen molar-refractivity contribution in [3.8, 4) is 0 Å². The third-order valence-electron chi connectivity index (χ3n) is 3.62. The zero-order valence-corrected chi connectivity index (χ0v) is 15.4. The van der Waals surface area contributed by atoms with Gasteiger partial charge in [0.05, 0.1) is 5.57 Å². The molecule has 1 atom stereocenters. The largest absolute Gasteiger partial charge is 0.450 e. The first-order chi connectivity index (χ1) is 9.77. The fraction of sp³-hybridized carbons (Fsp3) is 0.438. The first-order valence-electron chi connectivity index (χ1n) is 6.94. The highest BCUT2D eigenvalue weighted by Crippen LogP contribution is 2.31. The highest BCUT2D eigenvalue weighted by atomic mass is 28.2. The van der Waals surface area contributed by atoms with Crippen LogP contribution in [-0.4, -0.2) is 34.5 Å². The van der Waals surface area contributed by atoms with E-state index in [1.165, 1.54) is 0 Å². The lowest BCUT2D eigenvalue weighted by atomic mass is 9.98. The van der Waals surface area contributed by atoms with Crippen LogP contribution in [0, 0.1) is 0 Å². The van der Waals surface area contributed by atoms with Crippen molar-refractivity contribution in [2.75, 3.05) is 6.61 Å². The van der Waals surface area contributed by atoms with E-state index < -0.39 is 17.4 Å². The Balaban J connectivity index is 2.88. The van der Waals surface area contributed by atoms with Gasteiger partial charge in [-0.05, 0) is 33.3 Å². The van der Waals surface area contributed by atoms with E-state index in [0.717, 1.165) is 5.56 Å². The molecule has 5 heteroatoms. The number of ether oxygens (including phenoxy) is 2. The minimum absolute atomic E-state index is 0.316. The van der Waals surface area contributed by atoms with Crippen molar-refractivity contribution >= 4 is 22.0 Å². The molecule has 0 saturated heterocycles. The SMILES string of the molecule is C=C(C(=O)OC(C)(C)C(C)(O[SiH3])OCC)c1ccccc1. The Labute approximate surface area is 129 Å². The van der Waals surface area contributed by atoms with E-state index in [9.17, 15) is 4.79 Å². The average Bonchev–Trinajstić information content (AvgIpc) is 2.46. The van der Waals surface area contributed by atoms with Gasteiger partial charge in [-0.1, -0.05) is 36.9 Å². The van der Waals surface area contributed by atoms with Crippen molar-refractivity contribution in [1.29, 1.82) is 0 Å². The van der Waals surface area contributed by atoms with Crippen LogP contribution in [0.4, 0.5) is 0 Å². The number of benzene rings is 1. The van der Waals surface area contributed by atoms with Crippen molar-refractivity contribution in [3.63, 3.8) is 0 Å². The van der Waals surface area contributed by atoms with E-state index in [-0.39, 0.29) is 0 Å². The Bertz CT molecular complexity index is 498. The third kappa shape index (κ3) is 4.03. The van der Waals surface area contributed by atoms with Crippen LogP contribution >= 0.6 is 0 Å². The summed E-state index contributed by atoms with van der Waals surface area (Å²) in [6, 6.07) is 9.23. The number of esters is 1. The smallest absolute Gasteiger partial charge is 0.338 e. The third-order valence-corrected chi connectivity index (χ3v) is 4.40. The Morgan fingerprint density at radius 1 is 1.24 bits per heavy atom. The molecular formula is C16H24O4Si. The lowest BCUT2D eigenvalue weighted by molar-refractivity contribution is -0.265. The van der Waals surface area contributed by atoms with Gasteiger partial charge < -0.3 is 13.9 Å². The molecule has 4 nitrogen and oxygen atoms in total. The maximum absolute atomic E-state index is 12.3. The maximum atomic E-state index is 12.3. The molecule has 0 aliphatic heterocycles. The Morgan fingerprint density at radius 3 is 2.29 bits per heavy atom. The van der Waals surface area contributed by atoms with Gasteiger partial charge in [-0.25, -0.2) is 4.79 Å². The quantitative estimate of drug-likeness (QED) is 0.335. The van der Waals surface area contributed by atoms with Gasteiger partial charge in [0.1, 0.15) is 10.5 Å². The van der Waals surface area contributed by atoms with Gasteiger partial charge >= 0.3 is 5.97 Å². The van der Waals surface area contributed by atoms with E-state index >= 15 is 0 Å². The highest BCUT2D eigenvalue weighted by Gasteiger charge is 2.45. The summed E-state index contributed by atoms with van der Waals surface area (Å²) in [5.41, 5.74) is 0.124. The molecule has 0 amide bonds. The molecule has 0 aliphatic rings. The summed E-state index contributed by atoms with van der Waals surface area (Å²) in [5, 5.41) is 0. The van der Waals surface area contributed by atoms with Crippen LogP contribution in [0.1, 0.15) is 33.3 Å². The van der Waals surface area contributed by atoms with Crippen molar-refractivity contribution in [3.05, 3.63) is 42.5 Å². The molecule has 0 bridgehead atoms. The van der Waals surface area contributed by atoms with E-state index in [0.29, 0.717) is 22.7 Å². The summed E-state index contributed by atoms with van der Waals surface area (Å²) >= 11 is 0. The number of rotatable bonds is 7. The predicted molar refractivity (Wildman–Crippen MR) is 86.7 cm³/mol. The monoisotopic (exact) mass is 308 g/mol. The molecule has 21 heavy (non-hydrogen) atoms. The second kappa shape index (κ2) is 7.02. The molecule has 1 aromatic carbocycles. The van der Waals surface area contributed by atoms with Gasteiger partial charge in [0.2, 0.25) is 0 Å². The molecule has 0 aromatic heterocycles. The Hall–Kier alpha value is -1.43. The molecule has 1 unspecified atom stereocenters. The lowest BCUT2D eigenvalue weighted by Crippen LogP contribution is -2.54. The molecule has 0 saturated carbocycles. The molecular weight excluding hydrogens is 284 g/mol. The average molecular weight is 308 g/mol. The minimum atomic E-state index is -0.972. The van der Waals surface area contributed by atoms with E-state index in [1.807, 2.05) is 37.3 Å². The number of hydrogen-bond acceptors (Lipinski definition) is 4. The fourth-order valence-corrected chi connectivity index (χ4v) is 2.51. The molecule has 0 radical (unpaired) electrons. The van der Waals surface area contributed by atoms with Gasteiger partial charge in [0, 0.05) is 6.61 Å². The molecule has 0 heterocycles. The summed E-state index contributed by atoms with van der Waals surface area (Å²) < 4.78 is 16.8. The molecule has 0 aliphatic carbocycles. The summed E-state index contributed by atoms with van der Waals surface area (Å²) in [7, 11) is 0.476. The van der Waals surface area contributed by atoms with Crippen molar-refractivity contribution in [1.82, 2.24) is 0 Å². The summed E-state index contributed by atoms with van der Waals surface area (Å²) in [6.45, 7) is 11.5. The van der Waals surface area contributed by atoms with Crippen molar-refractivity contribution < 1.29 is 18.7 Å². The topological polar surface area (TPSA) is 44.8 Å². The number of carbonyl (C=O) groups excluding carboxylic acids is 1. The normalized spacial score (nSPS) is 14.5. The summed E-state index contributed by atoms with van der Waals surface area (Å²) in [6.07, 6.45) is 0. The van der Waals surface area contributed by atoms with Crippen LogP contribution in [-0.2, 0) is 18.7 Å². The van der Waals surface area contributed by atoms with Gasteiger partial charge in [-0.2, -0.15) is 0 Å². The zero-order chi connectivity index (χ0) is 16.1. The second-order valence-corrected chi connectivity index (χ2v) is 5.74. The predicted octanol–water partition coefficient (Wildman–Crippen LogP) is 2.07. The first kappa shape index (κ1) is 17.6. The Morgan fingerprint density at radius 2 is 1.81 bits per heavy atom. The standard InChI is InChI=1S/C16H24O4Si/c1-6-18-16(5,20-21)15(3,4)19-14(17)12(2)13-10-8-7-9-11-13/h7-11H,2,6H2,1,3-5,21H3. The minimum Gasteiger partial charge on any atom is -0.450 e. The van der Waals surface area contributed by atoms with Gasteiger partial charge in [0.15, 0.2) is 11.4 Å². The van der Waals surface area contributed by atoms with Crippen molar-refractivity contribution in [2.45, 2.75) is 39.1 Å². The van der Waals surface area contributed by atoms with Crippen LogP contribution in [0.15, 0.2) is 36.9 Å². The fourth-order valence-electron chi connectivity index (χ4n) is 1.90. The van der Waals surface area contributed by atoms with Crippen LogP contribution in [0.25, 0.3) is 5.57 Å². The highest BCUT2D eigenvalue weighted by molar-refractivity contribution is 6.15. The zero-order valence-electron chi connectivity index (χ0n) is 13.4. The van der Waals surface area contributed by atoms with Gasteiger partial charge in [-0.15, -0.1) is 0 Å². The van der Waals surface area contributed by atoms with Crippen LogP contribution < -0.4 is 0 Å². The molecule has 0 spiro atoms. The molecule has 0 N–H and O–H groups in total. The van der Waals surface area contributed by atoms with E-state index in [4.69, 9.17) is 13.9 Å². The lowest BCUT2D eigenvalue weighted by Gasteiger charge is -2.42. The molecule has 116 valence electrons. The number of carbonyl (C=O) groups is 1. The van der Waals surface area contributed by atoms with E-state index in [1.54, 1.807) is 20.8 Å². The summed E-state index contributed by atoms with van der Waals surface area (Å²) in [5.74, 6) is -1.45. The molecule has 0 fully saturated rings. The van der Waals surface area contributed by atoms with Crippen molar-refractivity contribution in [2.24, 2.45) is 0 Å². The van der Waals surface area contributed by atoms with Crippen LogP contribution in [0.5, 0.6) is 0 Å². The second-order valence-electron chi connectivity index (χ2n) is 5.33. The van der Waals surface area contributed by atoms with Crippen LogP contribution in [0.2, 0.25) is 0 Å². The Kier molecular flexibility index (Phi) is 5.89. The molecule has 1 rings (SSSR count). The van der Waals surface area contributed by atoms with E-state index in [2.05, 4.69) is 6.58 Å². The first-order valence-corrected chi connectivity index (χ1v) is 7.76. The number of hydrogen-bond donors (Lipinski definition) is 0.